The number of carbonyl (C=O) groups is 1. The van der Waals surface area contributed by atoms with Gasteiger partial charge in [0.25, 0.3) is 0 Å². The number of fused-ring (bicyclic) bond motifs is 1. The van der Waals surface area contributed by atoms with E-state index in [9.17, 15) is 4.79 Å². The van der Waals surface area contributed by atoms with Crippen LogP contribution in [0.1, 0.15) is 43.2 Å². The van der Waals surface area contributed by atoms with Gasteiger partial charge in [0, 0.05) is 18.9 Å². The second-order valence-corrected chi connectivity index (χ2v) is 6.77. The van der Waals surface area contributed by atoms with Gasteiger partial charge in [-0.05, 0) is 61.8 Å². The van der Waals surface area contributed by atoms with Crippen molar-refractivity contribution in [2.45, 2.75) is 51.5 Å². The van der Waals surface area contributed by atoms with Crippen LogP contribution in [0.2, 0.25) is 0 Å². The highest BCUT2D eigenvalue weighted by atomic mass is 16.2. The Labute approximate surface area is 133 Å². The van der Waals surface area contributed by atoms with Crippen molar-refractivity contribution in [3.8, 4) is 0 Å². The minimum atomic E-state index is 0.0223. The lowest BCUT2D eigenvalue weighted by Gasteiger charge is -2.41. The third kappa shape index (κ3) is 3.49. The molecule has 4 nitrogen and oxygen atoms in total. The van der Waals surface area contributed by atoms with E-state index in [0.29, 0.717) is 12.5 Å². The van der Waals surface area contributed by atoms with Gasteiger partial charge in [-0.25, -0.2) is 0 Å². The number of aryl methyl sites for hydroxylation is 1. The highest BCUT2D eigenvalue weighted by molar-refractivity contribution is 5.82. The summed E-state index contributed by atoms with van der Waals surface area (Å²) in [5, 5.41) is 6.59. The molecule has 3 rings (SSSR count). The molecule has 2 fully saturated rings. The van der Waals surface area contributed by atoms with Gasteiger partial charge in [0.05, 0.1) is 6.04 Å². The van der Waals surface area contributed by atoms with Crippen molar-refractivity contribution in [3.05, 3.63) is 29.6 Å². The first-order valence-electron chi connectivity index (χ1n) is 8.66. The van der Waals surface area contributed by atoms with E-state index >= 15 is 0 Å². The lowest BCUT2D eigenvalue weighted by molar-refractivity contribution is -0.126. The number of nitrogens with one attached hydrogen (secondary N) is 2. The Balaban J connectivity index is 1.52. The van der Waals surface area contributed by atoms with E-state index in [4.69, 9.17) is 0 Å². The van der Waals surface area contributed by atoms with Crippen molar-refractivity contribution in [1.29, 1.82) is 0 Å². The van der Waals surface area contributed by atoms with Crippen LogP contribution in [0.3, 0.4) is 0 Å². The number of piperidine rings is 1. The Kier molecular flexibility index (Phi) is 5.08. The van der Waals surface area contributed by atoms with Crippen LogP contribution >= 0.6 is 0 Å². The standard InChI is InChI=1S/C18H27N3O/c1-13-6-9-19-12-15(13)8-11-21-18(22)17-16-5-3-2-4-14(16)7-10-20-17/h6,9,12,14,16-17,20H,2-5,7-8,10-11H2,1H3,(H,21,22). The normalized spacial score (nSPS) is 28.0. The molecule has 1 amide bonds. The molecule has 1 aliphatic carbocycles. The third-order valence-electron chi connectivity index (χ3n) is 5.40. The van der Waals surface area contributed by atoms with Crippen molar-refractivity contribution in [3.63, 3.8) is 0 Å². The summed E-state index contributed by atoms with van der Waals surface area (Å²) in [5.74, 6) is 1.49. The quantitative estimate of drug-likeness (QED) is 0.896. The highest BCUT2D eigenvalue weighted by Gasteiger charge is 2.38. The Morgan fingerprint density at radius 3 is 3.09 bits per heavy atom. The van der Waals surface area contributed by atoms with E-state index in [-0.39, 0.29) is 11.9 Å². The summed E-state index contributed by atoms with van der Waals surface area (Å²) in [6.07, 6.45) is 10.9. The number of hydrogen-bond donors (Lipinski definition) is 2. The van der Waals surface area contributed by atoms with Crippen molar-refractivity contribution >= 4 is 5.91 Å². The molecule has 1 aromatic rings. The molecule has 0 bridgehead atoms. The van der Waals surface area contributed by atoms with E-state index in [1.54, 1.807) is 0 Å². The number of rotatable bonds is 4. The number of amides is 1. The van der Waals surface area contributed by atoms with Crippen LogP contribution < -0.4 is 10.6 Å². The topological polar surface area (TPSA) is 54.0 Å². The first kappa shape index (κ1) is 15.5. The summed E-state index contributed by atoms with van der Waals surface area (Å²) in [7, 11) is 0. The fourth-order valence-corrected chi connectivity index (χ4v) is 4.09. The molecule has 2 heterocycles. The summed E-state index contributed by atoms with van der Waals surface area (Å²) < 4.78 is 0. The summed E-state index contributed by atoms with van der Waals surface area (Å²) in [6.45, 7) is 3.77. The van der Waals surface area contributed by atoms with Gasteiger partial charge in [-0.15, -0.1) is 0 Å². The number of hydrogen-bond acceptors (Lipinski definition) is 3. The molecule has 3 unspecified atom stereocenters. The van der Waals surface area contributed by atoms with E-state index in [1.165, 1.54) is 43.2 Å². The monoisotopic (exact) mass is 301 g/mol. The third-order valence-corrected chi connectivity index (χ3v) is 5.40. The lowest BCUT2D eigenvalue weighted by atomic mass is 9.71. The summed E-state index contributed by atoms with van der Waals surface area (Å²) in [5.41, 5.74) is 2.46. The summed E-state index contributed by atoms with van der Waals surface area (Å²) in [6, 6.07) is 2.04. The maximum absolute atomic E-state index is 12.5. The van der Waals surface area contributed by atoms with Gasteiger partial charge in [0.1, 0.15) is 0 Å². The molecule has 1 saturated carbocycles. The summed E-state index contributed by atoms with van der Waals surface area (Å²) >= 11 is 0. The van der Waals surface area contributed by atoms with Gasteiger partial charge < -0.3 is 10.6 Å². The molecule has 1 aromatic heterocycles. The molecule has 2 aliphatic rings. The maximum Gasteiger partial charge on any atom is 0.237 e. The number of carbonyl (C=O) groups excluding carboxylic acids is 1. The second kappa shape index (κ2) is 7.23. The molecule has 4 heteroatoms. The van der Waals surface area contributed by atoms with Crippen LogP contribution in [-0.2, 0) is 11.2 Å². The van der Waals surface area contributed by atoms with Crippen molar-refractivity contribution in [2.24, 2.45) is 11.8 Å². The average molecular weight is 301 g/mol. The van der Waals surface area contributed by atoms with Gasteiger partial charge in [-0.3, -0.25) is 9.78 Å². The van der Waals surface area contributed by atoms with Crippen LogP contribution in [-0.4, -0.2) is 30.0 Å². The molecule has 0 radical (unpaired) electrons. The Bertz CT molecular complexity index is 515. The molecule has 0 spiro atoms. The SMILES string of the molecule is Cc1ccncc1CCNC(=O)C1NCCC2CCCCC21. The predicted octanol–water partition coefficient (Wildman–Crippen LogP) is 2.22. The van der Waals surface area contributed by atoms with Crippen molar-refractivity contribution in [1.82, 2.24) is 15.6 Å². The van der Waals surface area contributed by atoms with Crippen LogP contribution in [0.15, 0.2) is 18.5 Å². The van der Waals surface area contributed by atoms with E-state index in [1.807, 2.05) is 18.5 Å². The lowest BCUT2D eigenvalue weighted by Crippen LogP contribution is -2.55. The molecule has 3 atom stereocenters. The minimum Gasteiger partial charge on any atom is -0.354 e. The zero-order chi connectivity index (χ0) is 15.4. The Hall–Kier alpha value is -1.42. The zero-order valence-corrected chi connectivity index (χ0v) is 13.5. The first-order valence-corrected chi connectivity index (χ1v) is 8.66. The van der Waals surface area contributed by atoms with E-state index in [0.717, 1.165) is 18.9 Å². The number of pyridine rings is 1. The predicted molar refractivity (Wildman–Crippen MR) is 87.5 cm³/mol. The molecule has 1 saturated heterocycles. The van der Waals surface area contributed by atoms with Gasteiger partial charge in [-0.2, -0.15) is 0 Å². The molecule has 0 aromatic carbocycles. The van der Waals surface area contributed by atoms with Crippen LogP contribution in [0, 0.1) is 18.8 Å². The fourth-order valence-electron chi connectivity index (χ4n) is 4.09. The van der Waals surface area contributed by atoms with Crippen LogP contribution in [0.25, 0.3) is 0 Å². The van der Waals surface area contributed by atoms with Gasteiger partial charge >= 0.3 is 0 Å². The number of nitrogens with zero attached hydrogens (tertiary/aromatic N) is 1. The summed E-state index contributed by atoms with van der Waals surface area (Å²) in [4.78, 5) is 16.7. The molecular formula is C18H27N3O. The molecule has 120 valence electrons. The molecular weight excluding hydrogens is 274 g/mol. The van der Waals surface area contributed by atoms with Crippen LogP contribution in [0.4, 0.5) is 0 Å². The van der Waals surface area contributed by atoms with Gasteiger partial charge in [0.2, 0.25) is 5.91 Å². The highest BCUT2D eigenvalue weighted by Crippen LogP contribution is 2.36. The molecule has 2 N–H and O–H groups in total. The minimum absolute atomic E-state index is 0.0223. The largest absolute Gasteiger partial charge is 0.354 e. The zero-order valence-electron chi connectivity index (χ0n) is 13.5. The molecule has 1 aliphatic heterocycles. The smallest absolute Gasteiger partial charge is 0.237 e. The van der Waals surface area contributed by atoms with Gasteiger partial charge in [0.15, 0.2) is 0 Å². The van der Waals surface area contributed by atoms with E-state index in [2.05, 4.69) is 22.5 Å². The van der Waals surface area contributed by atoms with E-state index < -0.39 is 0 Å². The first-order chi connectivity index (χ1) is 10.8. The average Bonchev–Trinajstić information content (AvgIpc) is 2.56. The van der Waals surface area contributed by atoms with Crippen molar-refractivity contribution < 1.29 is 4.79 Å². The number of aromatic nitrogens is 1. The fraction of sp³-hybridized carbons (Fsp3) is 0.667. The van der Waals surface area contributed by atoms with Gasteiger partial charge in [-0.1, -0.05) is 19.3 Å². The Morgan fingerprint density at radius 2 is 2.23 bits per heavy atom. The molecule has 22 heavy (non-hydrogen) atoms. The maximum atomic E-state index is 12.5. The van der Waals surface area contributed by atoms with Crippen molar-refractivity contribution in [2.75, 3.05) is 13.1 Å². The van der Waals surface area contributed by atoms with Crippen LogP contribution in [0.5, 0.6) is 0 Å². The second-order valence-electron chi connectivity index (χ2n) is 6.77. The Morgan fingerprint density at radius 1 is 1.36 bits per heavy atom.